The highest BCUT2D eigenvalue weighted by Crippen LogP contribution is 2.32. The zero-order valence-electron chi connectivity index (χ0n) is 10.5. The molecular formula is C13H13F3O3. The molecule has 0 atom stereocenters. The molecule has 0 aromatic heterocycles. The molecule has 0 N–H and O–H groups in total. The normalized spacial score (nSPS) is 12.2. The highest BCUT2D eigenvalue weighted by atomic mass is 19.4. The molecule has 0 heterocycles. The fourth-order valence-electron chi connectivity index (χ4n) is 1.38. The molecule has 0 radical (unpaired) electrons. The van der Waals surface area contributed by atoms with Crippen molar-refractivity contribution in [1.82, 2.24) is 0 Å². The molecule has 104 valence electrons. The number of halogens is 3. The van der Waals surface area contributed by atoms with E-state index in [1.807, 2.05) is 0 Å². The molecule has 0 bridgehead atoms. The van der Waals surface area contributed by atoms with Gasteiger partial charge >= 0.3 is 12.3 Å². The Morgan fingerprint density at radius 3 is 2.32 bits per heavy atom. The Balaban J connectivity index is 2.93. The van der Waals surface area contributed by atoms with E-state index < -0.39 is 18.1 Å². The van der Waals surface area contributed by atoms with Crippen LogP contribution in [0, 0.1) is 0 Å². The summed E-state index contributed by atoms with van der Waals surface area (Å²) >= 11 is 0. The molecule has 0 fully saturated rings. The standard InChI is InChI=1S/C13H13F3O3/c1-3-9(4-2)12(17)18-10-7-5-6-8-11(10)19-13(14,15)16/h3,5-8H,4H2,1-2H3. The molecule has 0 amide bonds. The van der Waals surface area contributed by atoms with Crippen LogP contribution in [0.4, 0.5) is 13.2 Å². The molecule has 19 heavy (non-hydrogen) atoms. The number of allylic oxidation sites excluding steroid dienone is 1. The summed E-state index contributed by atoms with van der Waals surface area (Å²) in [5, 5.41) is 0. The maximum Gasteiger partial charge on any atom is 0.573 e. The van der Waals surface area contributed by atoms with Crippen molar-refractivity contribution < 1.29 is 27.4 Å². The first-order valence-corrected chi connectivity index (χ1v) is 5.59. The quantitative estimate of drug-likeness (QED) is 0.475. The lowest BCUT2D eigenvalue weighted by molar-refractivity contribution is -0.275. The number of rotatable bonds is 4. The largest absolute Gasteiger partial charge is 0.573 e. The third-order valence-corrected chi connectivity index (χ3v) is 2.27. The van der Waals surface area contributed by atoms with Gasteiger partial charge in [-0.25, -0.2) is 4.79 Å². The SMILES string of the molecule is CC=C(CC)C(=O)Oc1ccccc1OC(F)(F)F. The van der Waals surface area contributed by atoms with Gasteiger partial charge in [0.25, 0.3) is 0 Å². The highest BCUT2D eigenvalue weighted by molar-refractivity contribution is 5.90. The minimum atomic E-state index is -4.84. The van der Waals surface area contributed by atoms with Crippen molar-refractivity contribution in [3.63, 3.8) is 0 Å². The van der Waals surface area contributed by atoms with Crippen molar-refractivity contribution in [2.45, 2.75) is 26.6 Å². The van der Waals surface area contributed by atoms with E-state index in [-0.39, 0.29) is 5.75 Å². The van der Waals surface area contributed by atoms with Crippen LogP contribution in [0.2, 0.25) is 0 Å². The molecule has 3 nitrogen and oxygen atoms in total. The highest BCUT2D eigenvalue weighted by Gasteiger charge is 2.32. The van der Waals surface area contributed by atoms with Crippen LogP contribution in [-0.2, 0) is 4.79 Å². The van der Waals surface area contributed by atoms with Gasteiger partial charge in [0.15, 0.2) is 11.5 Å². The zero-order chi connectivity index (χ0) is 14.5. The van der Waals surface area contributed by atoms with E-state index in [0.717, 1.165) is 6.07 Å². The van der Waals surface area contributed by atoms with Crippen LogP contribution >= 0.6 is 0 Å². The van der Waals surface area contributed by atoms with Gasteiger partial charge in [0.2, 0.25) is 0 Å². The Labute approximate surface area is 108 Å². The number of benzene rings is 1. The summed E-state index contributed by atoms with van der Waals surface area (Å²) < 4.78 is 45.2. The van der Waals surface area contributed by atoms with Gasteiger partial charge < -0.3 is 9.47 Å². The monoisotopic (exact) mass is 274 g/mol. The third kappa shape index (κ3) is 4.65. The third-order valence-electron chi connectivity index (χ3n) is 2.27. The summed E-state index contributed by atoms with van der Waals surface area (Å²) in [5.41, 5.74) is 0.377. The first-order valence-electron chi connectivity index (χ1n) is 5.59. The molecule has 0 aliphatic heterocycles. The summed E-state index contributed by atoms with van der Waals surface area (Å²) in [6.07, 6.45) is -2.86. The average Bonchev–Trinajstić information content (AvgIpc) is 2.31. The molecule has 0 unspecified atom stereocenters. The molecule has 6 heteroatoms. The van der Waals surface area contributed by atoms with Crippen LogP contribution in [0.5, 0.6) is 11.5 Å². The molecule has 0 aliphatic carbocycles. The van der Waals surface area contributed by atoms with E-state index in [2.05, 4.69) is 4.74 Å². The summed E-state index contributed by atoms with van der Waals surface area (Å²) in [6, 6.07) is 5.13. The Morgan fingerprint density at radius 2 is 1.84 bits per heavy atom. The minimum absolute atomic E-state index is 0.266. The summed E-state index contributed by atoms with van der Waals surface area (Å²) in [5.74, 6) is -1.50. The zero-order valence-corrected chi connectivity index (χ0v) is 10.5. The second kappa shape index (κ2) is 6.26. The van der Waals surface area contributed by atoms with Gasteiger partial charge in [-0.3, -0.25) is 0 Å². The molecule has 1 rings (SSSR count). The molecular weight excluding hydrogens is 261 g/mol. The first-order chi connectivity index (χ1) is 8.87. The number of ether oxygens (including phenoxy) is 2. The smallest absolute Gasteiger partial charge is 0.419 e. The topological polar surface area (TPSA) is 35.5 Å². The molecule has 0 saturated heterocycles. The van der Waals surface area contributed by atoms with Crippen LogP contribution in [0.1, 0.15) is 20.3 Å². The van der Waals surface area contributed by atoms with Crippen LogP contribution in [0.15, 0.2) is 35.9 Å². The fraction of sp³-hybridized carbons (Fsp3) is 0.308. The van der Waals surface area contributed by atoms with Crippen molar-refractivity contribution in [1.29, 1.82) is 0 Å². The molecule has 0 spiro atoms. The maximum atomic E-state index is 12.2. The van der Waals surface area contributed by atoms with E-state index in [0.29, 0.717) is 12.0 Å². The molecule has 1 aromatic carbocycles. The van der Waals surface area contributed by atoms with E-state index in [9.17, 15) is 18.0 Å². The van der Waals surface area contributed by atoms with Crippen molar-refractivity contribution in [3.8, 4) is 11.5 Å². The Hall–Kier alpha value is -1.98. The maximum absolute atomic E-state index is 12.2. The van der Waals surface area contributed by atoms with Crippen LogP contribution in [0.25, 0.3) is 0 Å². The van der Waals surface area contributed by atoms with Crippen molar-refractivity contribution in [2.75, 3.05) is 0 Å². The number of carbonyl (C=O) groups excluding carboxylic acids is 1. The van der Waals surface area contributed by atoms with E-state index in [1.165, 1.54) is 18.2 Å². The van der Waals surface area contributed by atoms with Crippen molar-refractivity contribution >= 4 is 5.97 Å². The number of hydrogen-bond acceptors (Lipinski definition) is 3. The van der Waals surface area contributed by atoms with E-state index in [1.54, 1.807) is 19.9 Å². The lowest BCUT2D eigenvalue weighted by atomic mass is 10.2. The average molecular weight is 274 g/mol. The van der Waals surface area contributed by atoms with E-state index in [4.69, 9.17) is 4.74 Å². The van der Waals surface area contributed by atoms with Gasteiger partial charge in [-0.15, -0.1) is 13.2 Å². The van der Waals surface area contributed by atoms with Crippen molar-refractivity contribution in [2.24, 2.45) is 0 Å². The molecule has 0 saturated carbocycles. The minimum Gasteiger partial charge on any atom is -0.419 e. The molecule has 1 aromatic rings. The summed E-state index contributed by atoms with van der Waals surface area (Å²) in [6.45, 7) is 3.40. The Morgan fingerprint density at radius 1 is 1.26 bits per heavy atom. The predicted octanol–water partition coefficient (Wildman–Crippen LogP) is 3.85. The van der Waals surface area contributed by atoms with Crippen molar-refractivity contribution in [3.05, 3.63) is 35.9 Å². The lowest BCUT2D eigenvalue weighted by Crippen LogP contribution is -2.18. The van der Waals surface area contributed by atoms with Crippen LogP contribution in [0.3, 0.4) is 0 Å². The number of carbonyl (C=O) groups is 1. The van der Waals surface area contributed by atoms with Gasteiger partial charge in [0, 0.05) is 5.57 Å². The first kappa shape index (κ1) is 15.1. The number of alkyl halides is 3. The van der Waals surface area contributed by atoms with Gasteiger partial charge in [-0.2, -0.15) is 0 Å². The van der Waals surface area contributed by atoms with Gasteiger partial charge in [0.05, 0.1) is 0 Å². The second-order valence-corrected chi connectivity index (χ2v) is 3.55. The van der Waals surface area contributed by atoms with Gasteiger partial charge in [-0.1, -0.05) is 25.1 Å². The Bertz CT molecular complexity index is 478. The lowest BCUT2D eigenvalue weighted by Gasteiger charge is -2.13. The van der Waals surface area contributed by atoms with Crippen LogP contribution in [-0.4, -0.2) is 12.3 Å². The summed E-state index contributed by atoms with van der Waals surface area (Å²) in [4.78, 5) is 11.7. The number of esters is 1. The number of hydrogen-bond donors (Lipinski definition) is 0. The molecule has 0 aliphatic rings. The van der Waals surface area contributed by atoms with Gasteiger partial charge in [0.1, 0.15) is 0 Å². The predicted molar refractivity (Wildman–Crippen MR) is 62.8 cm³/mol. The van der Waals surface area contributed by atoms with E-state index >= 15 is 0 Å². The second-order valence-electron chi connectivity index (χ2n) is 3.55. The number of para-hydroxylation sites is 2. The van der Waals surface area contributed by atoms with Gasteiger partial charge in [-0.05, 0) is 25.5 Å². The fourth-order valence-corrected chi connectivity index (χ4v) is 1.38. The van der Waals surface area contributed by atoms with Crippen LogP contribution < -0.4 is 9.47 Å². The Kier molecular flexibility index (Phi) is 4.97. The summed E-state index contributed by atoms with van der Waals surface area (Å²) in [7, 11) is 0.